The Labute approximate surface area is 137 Å². The summed E-state index contributed by atoms with van der Waals surface area (Å²) in [7, 11) is 0. The van der Waals surface area contributed by atoms with Crippen LogP contribution in [0.2, 0.25) is 0 Å². The van der Waals surface area contributed by atoms with Crippen LogP contribution in [0.5, 0.6) is 0 Å². The van der Waals surface area contributed by atoms with E-state index in [4.69, 9.17) is 0 Å². The van der Waals surface area contributed by atoms with Crippen molar-refractivity contribution in [3.63, 3.8) is 0 Å². The number of hydrogen-bond donors (Lipinski definition) is 1. The lowest BCUT2D eigenvalue weighted by atomic mass is 9.87. The highest BCUT2D eigenvalue weighted by Gasteiger charge is 2.44. The lowest BCUT2D eigenvalue weighted by Gasteiger charge is -2.28. The Hall–Kier alpha value is -1.78. The van der Waals surface area contributed by atoms with E-state index in [1.165, 1.54) is 19.3 Å². The van der Waals surface area contributed by atoms with Crippen molar-refractivity contribution in [2.75, 3.05) is 26.2 Å². The van der Waals surface area contributed by atoms with Gasteiger partial charge in [0.1, 0.15) is 5.69 Å². The van der Waals surface area contributed by atoms with Crippen molar-refractivity contribution in [2.45, 2.75) is 32.1 Å². The third-order valence-corrected chi connectivity index (χ3v) is 5.98. The minimum Gasteiger partial charge on any atom is -0.357 e. The third-order valence-electron chi connectivity index (χ3n) is 5.98. The van der Waals surface area contributed by atoms with Gasteiger partial charge in [0.15, 0.2) is 0 Å². The number of aromatic amines is 1. The highest BCUT2D eigenvalue weighted by atomic mass is 16.2. The van der Waals surface area contributed by atoms with E-state index in [2.05, 4.69) is 4.98 Å². The normalized spacial score (nSPS) is 30.5. The second kappa shape index (κ2) is 6.02. The molecular weight excluding hydrogens is 290 g/mol. The molecule has 3 fully saturated rings. The predicted octanol–water partition coefficient (Wildman–Crippen LogP) is 2.13. The standard InChI is InChI=1S/C18H25N3O2/c22-17(15-12-13-4-5-14(15)11-13)20-7-2-8-21(10-9-20)18(23)16-3-1-6-19-16/h1,3,6,13-15,19H,2,4-5,7-12H2. The molecule has 3 unspecified atom stereocenters. The fourth-order valence-corrected chi connectivity index (χ4v) is 4.76. The van der Waals surface area contributed by atoms with Crippen molar-refractivity contribution in [2.24, 2.45) is 17.8 Å². The number of hydrogen-bond acceptors (Lipinski definition) is 2. The first-order valence-electron chi connectivity index (χ1n) is 8.94. The maximum absolute atomic E-state index is 12.9. The molecule has 1 aromatic rings. The van der Waals surface area contributed by atoms with Crippen LogP contribution in [0.1, 0.15) is 42.6 Å². The van der Waals surface area contributed by atoms with Gasteiger partial charge >= 0.3 is 0 Å². The van der Waals surface area contributed by atoms with Gasteiger partial charge in [-0.15, -0.1) is 0 Å². The van der Waals surface area contributed by atoms with E-state index >= 15 is 0 Å². The van der Waals surface area contributed by atoms with E-state index in [1.54, 1.807) is 6.20 Å². The van der Waals surface area contributed by atoms with Crippen LogP contribution in [0.25, 0.3) is 0 Å². The SMILES string of the molecule is O=C(c1ccc[nH]1)N1CCCN(C(=O)C2CC3CCC2C3)CC1. The van der Waals surface area contributed by atoms with Gasteiger partial charge in [0, 0.05) is 38.3 Å². The van der Waals surface area contributed by atoms with Gasteiger partial charge in [-0.1, -0.05) is 6.42 Å². The van der Waals surface area contributed by atoms with Crippen molar-refractivity contribution in [1.82, 2.24) is 14.8 Å². The first-order chi connectivity index (χ1) is 11.2. The van der Waals surface area contributed by atoms with Crippen LogP contribution in [-0.4, -0.2) is 52.8 Å². The molecule has 124 valence electrons. The van der Waals surface area contributed by atoms with Gasteiger partial charge in [-0.3, -0.25) is 9.59 Å². The molecule has 0 spiro atoms. The molecule has 23 heavy (non-hydrogen) atoms. The molecule has 2 heterocycles. The molecule has 0 aromatic carbocycles. The van der Waals surface area contributed by atoms with Gasteiger partial charge in [-0.05, 0) is 49.7 Å². The van der Waals surface area contributed by atoms with Crippen LogP contribution < -0.4 is 0 Å². The number of fused-ring (bicyclic) bond motifs is 2. The number of rotatable bonds is 2. The van der Waals surface area contributed by atoms with Gasteiger partial charge in [-0.2, -0.15) is 0 Å². The zero-order chi connectivity index (χ0) is 15.8. The molecule has 1 saturated heterocycles. The zero-order valence-electron chi connectivity index (χ0n) is 13.5. The van der Waals surface area contributed by atoms with Crippen molar-refractivity contribution in [1.29, 1.82) is 0 Å². The quantitative estimate of drug-likeness (QED) is 0.909. The number of nitrogens with one attached hydrogen (secondary N) is 1. The van der Waals surface area contributed by atoms with Crippen LogP contribution in [0.4, 0.5) is 0 Å². The van der Waals surface area contributed by atoms with Crippen molar-refractivity contribution in [3.8, 4) is 0 Å². The lowest BCUT2D eigenvalue weighted by Crippen LogP contribution is -2.41. The summed E-state index contributed by atoms with van der Waals surface area (Å²) in [6, 6.07) is 3.65. The summed E-state index contributed by atoms with van der Waals surface area (Å²) in [4.78, 5) is 32.2. The average Bonchev–Trinajstić information content (AvgIpc) is 3.28. The number of nitrogens with zero attached hydrogens (tertiary/aromatic N) is 2. The van der Waals surface area contributed by atoms with Gasteiger partial charge in [0.05, 0.1) is 0 Å². The first-order valence-corrected chi connectivity index (χ1v) is 8.94. The zero-order valence-corrected chi connectivity index (χ0v) is 13.5. The van der Waals surface area contributed by atoms with E-state index in [1.807, 2.05) is 21.9 Å². The molecule has 3 aliphatic rings. The summed E-state index contributed by atoms with van der Waals surface area (Å²) < 4.78 is 0. The minimum absolute atomic E-state index is 0.0456. The molecule has 0 radical (unpaired) electrons. The average molecular weight is 315 g/mol. The van der Waals surface area contributed by atoms with Crippen LogP contribution >= 0.6 is 0 Å². The molecule has 1 aromatic heterocycles. The second-order valence-electron chi connectivity index (χ2n) is 7.34. The molecule has 2 aliphatic carbocycles. The summed E-state index contributed by atoms with van der Waals surface area (Å²) in [5, 5.41) is 0. The van der Waals surface area contributed by atoms with E-state index < -0.39 is 0 Å². The highest BCUT2D eigenvalue weighted by molar-refractivity contribution is 5.92. The highest BCUT2D eigenvalue weighted by Crippen LogP contribution is 2.48. The largest absolute Gasteiger partial charge is 0.357 e. The Morgan fingerprint density at radius 2 is 1.87 bits per heavy atom. The monoisotopic (exact) mass is 315 g/mol. The van der Waals surface area contributed by atoms with E-state index in [0.29, 0.717) is 30.6 Å². The van der Waals surface area contributed by atoms with Crippen molar-refractivity contribution >= 4 is 11.8 Å². The van der Waals surface area contributed by atoms with Crippen LogP contribution in [-0.2, 0) is 4.79 Å². The Bertz CT molecular complexity index is 583. The predicted molar refractivity (Wildman–Crippen MR) is 86.8 cm³/mol. The topological polar surface area (TPSA) is 56.4 Å². The molecule has 2 saturated carbocycles. The van der Waals surface area contributed by atoms with Crippen LogP contribution in [0, 0.1) is 17.8 Å². The Balaban J connectivity index is 1.37. The van der Waals surface area contributed by atoms with Gasteiger partial charge in [0.25, 0.3) is 5.91 Å². The third kappa shape index (κ3) is 2.77. The minimum atomic E-state index is 0.0456. The molecule has 2 amide bonds. The number of carbonyl (C=O) groups excluding carboxylic acids is 2. The fraction of sp³-hybridized carbons (Fsp3) is 0.667. The molecule has 1 N–H and O–H groups in total. The Morgan fingerprint density at radius 3 is 2.57 bits per heavy atom. The van der Waals surface area contributed by atoms with E-state index in [9.17, 15) is 9.59 Å². The number of aromatic nitrogens is 1. The van der Waals surface area contributed by atoms with Gasteiger partial charge < -0.3 is 14.8 Å². The van der Waals surface area contributed by atoms with Gasteiger partial charge in [0.2, 0.25) is 5.91 Å². The number of amides is 2. The van der Waals surface area contributed by atoms with Crippen molar-refractivity contribution < 1.29 is 9.59 Å². The molecule has 5 nitrogen and oxygen atoms in total. The first kappa shape index (κ1) is 14.8. The molecule has 3 atom stereocenters. The van der Waals surface area contributed by atoms with Gasteiger partial charge in [-0.25, -0.2) is 0 Å². The number of H-pyrrole nitrogens is 1. The van der Waals surface area contributed by atoms with Crippen LogP contribution in [0.3, 0.4) is 0 Å². The van der Waals surface area contributed by atoms with Crippen LogP contribution in [0.15, 0.2) is 18.3 Å². The summed E-state index contributed by atoms with van der Waals surface area (Å²) in [5.74, 6) is 2.09. The Kier molecular flexibility index (Phi) is 3.87. The van der Waals surface area contributed by atoms with E-state index in [0.717, 1.165) is 31.8 Å². The van der Waals surface area contributed by atoms with Crippen molar-refractivity contribution in [3.05, 3.63) is 24.0 Å². The molecule has 2 bridgehead atoms. The Morgan fingerprint density at radius 1 is 1.04 bits per heavy atom. The molecule has 5 heteroatoms. The maximum Gasteiger partial charge on any atom is 0.270 e. The molecular formula is C18H25N3O2. The second-order valence-corrected chi connectivity index (χ2v) is 7.34. The molecule has 4 rings (SSSR count). The summed E-state index contributed by atoms with van der Waals surface area (Å²) >= 11 is 0. The maximum atomic E-state index is 12.9. The number of carbonyl (C=O) groups is 2. The smallest absolute Gasteiger partial charge is 0.270 e. The fourth-order valence-electron chi connectivity index (χ4n) is 4.76. The molecule has 1 aliphatic heterocycles. The lowest BCUT2D eigenvalue weighted by molar-refractivity contribution is -0.137. The summed E-state index contributed by atoms with van der Waals surface area (Å²) in [6.07, 6.45) is 7.58. The summed E-state index contributed by atoms with van der Waals surface area (Å²) in [6.45, 7) is 2.85. The summed E-state index contributed by atoms with van der Waals surface area (Å²) in [5.41, 5.74) is 0.637. The van der Waals surface area contributed by atoms with E-state index in [-0.39, 0.29) is 11.8 Å².